The first-order valence-electron chi connectivity index (χ1n) is 5.58. The largest absolute Gasteiger partial charge is 0.379 e. The summed E-state index contributed by atoms with van der Waals surface area (Å²) in [6.45, 7) is 11.5. The summed E-state index contributed by atoms with van der Waals surface area (Å²) in [6.07, 6.45) is 3.65. The van der Waals surface area contributed by atoms with E-state index in [1.807, 2.05) is 0 Å². The van der Waals surface area contributed by atoms with Crippen LogP contribution < -0.4 is 5.32 Å². The van der Waals surface area contributed by atoms with Crippen molar-refractivity contribution >= 4 is 0 Å². The molecule has 2 heteroatoms. The molecule has 0 bridgehead atoms. The molecule has 0 saturated carbocycles. The third-order valence-corrected chi connectivity index (χ3v) is 2.39. The van der Waals surface area contributed by atoms with Crippen LogP contribution in [0, 0.1) is 0 Å². The molecule has 0 aliphatic rings. The van der Waals surface area contributed by atoms with Crippen LogP contribution in [0.15, 0.2) is 12.2 Å². The maximum absolute atomic E-state index is 5.49. The van der Waals surface area contributed by atoms with Gasteiger partial charge in [-0.3, -0.25) is 0 Å². The van der Waals surface area contributed by atoms with E-state index in [1.165, 1.54) is 5.57 Å². The second-order valence-electron chi connectivity index (χ2n) is 3.84. The van der Waals surface area contributed by atoms with E-state index in [2.05, 4.69) is 32.7 Å². The lowest BCUT2D eigenvalue weighted by Gasteiger charge is -2.27. The Morgan fingerprint density at radius 1 is 1.36 bits per heavy atom. The molecule has 2 unspecified atom stereocenters. The van der Waals surface area contributed by atoms with Crippen molar-refractivity contribution in [1.29, 1.82) is 0 Å². The van der Waals surface area contributed by atoms with Gasteiger partial charge in [0.25, 0.3) is 0 Å². The lowest BCUT2D eigenvalue weighted by Crippen LogP contribution is -2.42. The van der Waals surface area contributed by atoms with Crippen LogP contribution >= 0.6 is 0 Å². The van der Waals surface area contributed by atoms with Gasteiger partial charge in [0.15, 0.2) is 0 Å². The maximum Gasteiger partial charge on any atom is 0.0762 e. The van der Waals surface area contributed by atoms with Crippen molar-refractivity contribution in [3.63, 3.8) is 0 Å². The lowest BCUT2D eigenvalue weighted by molar-refractivity contribution is 0.0714. The highest BCUT2D eigenvalue weighted by Crippen LogP contribution is 2.12. The van der Waals surface area contributed by atoms with E-state index in [9.17, 15) is 0 Å². The van der Waals surface area contributed by atoms with Gasteiger partial charge in [-0.25, -0.2) is 0 Å². The van der Waals surface area contributed by atoms with Gasteiger partial charge in [-0.2, -0.15) is 0 Å². The zero-order valence-corrected chi connectivity index (χ0v) is 10.1. The number of ether oxygens (including phenoxy) is 1. The minimum atomic E-state index is 0.268. The number of rotatable bonds is 8. The molecule has 0 rings (SSSR count). The van der Waals surface area contributed by atoms with Gasteiger partial charge in [0.05, 0.1) is 12.1 Å². The van der Waals surface area contributed by atoms with E-state index in [0.29, 0.717) is 6.04 Å². The summed E-state index contributed by atoms with van der Waals surface area (Å²) < 4.78 is 5.49. The Kier molecular flexibility index (Phi) is 7.81. The molecule has 2 nitrogen and oxygen atoms in total. The summed E-state index contributed by atoms with van der Waals surface area (Å²) in [5.41, 5.74) is 1.17. The first kappa shape index (κ1) is 13.7. The number of hydrogen-bond donors (Lipinski definition) is 1. The van der Waals surface area contributed by atoms with Crippen molar-refractivity contribution < 1.29 is 4.74 Å². The molecule has 0 aromatic carbocycles. The quantitative estimate of drug-likeness (QED) is 0.607. The highest BCUT2D eigenvalue weighted by atomic mass is 16.5. The molecule has 0 heterocycles. The van der Waals surface area contributed by atoms with Gasteiger partial charge in [-0.05, 0) is 26.3 Å². The van der Waals surface area contributed by atoms with Crippen molar-refractivity contribution in [3.05, 3.63) is 12.2 Å². The summed E-state index contributed by atoms with van der Waals surface area (Å²) in [4.78, 5) is 0. The topological polar surface area (TPSA) is 21.3 Å². The van der Waals surface area contributed by atoms with Crippen LogP contribution in [-0.4, -0.2) is 25.8 Å². The molecule has 0 aliphatic heterocycles. The Labute approximate surface area is 88.7 Å². The molecule has 0 fully saturated rings. The Morgan fingerprint density at radius 2 is 2.00 bits per heavy atom. The summed E-state index contributed by atoms with van der Waals surface area (Å²) in [5.74, 6) is 0. The van der Waals surface area contributed by atoms with Crippen LogP contribution in [-0.2, 0) is 4.74 Å². The normalized spacial score (nSPS) is 15.1. The molecule has 2 atom stereocenters. The summed E-state index contributed by atoms with van der Waals surface area (Å²) in [6, 6.07) is 0.305. The van der Waals surface area contributed by atoms with E-state index in [4.69, 9.17) is 4.74 Å². The Balaban J connectivity index is 4.20. The maximum atomic E-state index is 5.49. The highest BCUT2D eigenvalue weighted by molar-refractivity contribution is 5.05. The second kappa shape index (κ2) is 8.01. The Morgan fingerprint density at radius 3 is 2.36 bits per heavy atom. The van der Waals surface area contributed by atoms with E-state index in [-0.39, 0.29) is 6.10 Å². The summed E-state index contributed by atoms with van der Waals surface area (Å²) in [7, 11) is 1.78. The van der Waals surface area contributed by atoms with Crippen LogP contribution in [0.1, 0.15) is 40.0 Å². The van der Waals surface area contributed by atoms with Gasteiger partial charge in [0.1, 0.15) is 0 Å². The van der Waals surface area contributed by atoms with Crippen LogP contribution in [0.25, 0.3) is 0 Å². The fourth-order valence-corrected chi connectivity index (χ4v) is 1.63. The number of hydrogen-bond acceptors (Lipinski definition) is 2. The minimum absolute atomic E-state index is 0.268. The van der Waals surface area contributed by atoms with Gasteiger partial charge in [-0.15, -0.1) is 0 Å². The molecule has 0 amide bonds. The van der Waals surface area contributed by atoms with Crippen molar-refractivity contribution in [2.24, 2.45) is 0 Å². The monoisotopic (exact) mass is 199 g/mol. The lowest BCUT2D eigenvalue weighted by atomic mass is 10.0. The Bertz CT molecular complexity index is 156. The van der Waals surface area contributed by atoms with Crippen molar-refractivity contribution in [2.45, 2.75) is 52.2 Å². The Hall–Kier alpha value is -0.340. The van der Waals surface area contributed by atoms with Crippen LogP contribution in [0.2, 0.25) is 0 Å². The van der Waals surface area contributed by atoms with E-state index < -0.39 is 0 Å². The summed E-state index contributed by atoms with van der Waals surface area (Å²) >= 11 is 0. The number of nitrogens with one attached hydrogen (secondary N) is 1. The summed E-state index contributed by atoms with van der Waals surface area (Å²) in [5, 5.41) is 3.48. The van der Waals surface area contributed by atoms with Crippen LogP contribution in [0.3, 0.4) is 0 Å². The average molecular weight is 199 g/mol. The van der Waals surface area contributed by atoms with Crippen molar-refractivity contribution in [3.8, 4) is 0 Å². The smallest absolute Gasteiger partial charge is 0.0762 e. The van der Waals surface area contributed by atoms with Crippen molar-refractivity contribution in [1.82, 2.24) is 5.32 Å². The molecule has 0 aliphatic carbocycles. The van der Waals surface area contributed by atoms with E-state index in [1.54, 1.807) is 7.11 Å². The van der Waals surface area contributed by atoms with Crippen LogP contribution in [0.5, 0.6) is 0 Å². The average Bonchev–Trinajstić information content (AvgIpc) is 2.16. The van der Waals surface area contributed by atoms with Gasteiger partial charge < -0.3 is 10.1 Å². The van der Waals surface area contributed by atoms with Crippen molar-refractivity contribution in [2.75, 3.05) is 13.7 Å². The predicted molar refractivity (Wildman–Crippen MR) is 62.6 cm³/mol. The molecule has 84 valence electrons. The zero-order valence-electron chi connectivity index (χ0n) is 10.1. The second-order valence-corrected chi connectivity index (χ2v) is 3.84. The predicted octanol–water partition coefficient (Wildman–Crippen LogP) is 2.75. The van der Waals surface area contributed by atoms with Gasteiger partial charge in [0.2, 0.25) is 0 Å². The van der Waals surface area contributed by atoms with Crippen LogP contribution in [0.4, 0.5) is 0 Å². The molecule has 14 heavy (non-hydrogen) atoms. The molecule has 0 aromatic rings. The van der Waals surface area contributed by atoms with Gasteiger partial charge in [0, 0.05) is 7.11 Å². The molecule has 0 spiro atoms. The molecule has 0 saturated heterocycles. The van der Waals surface area contributed by atoms with Gasteiger partial charge >= 0.3 is 0 Å². The molecular weight excluding hydrogens is 174 g/mol. The molecular formula is C12H25NO. The highest BCUT2D eigenvalue weighted by Gasteiger charge is 2.19. The van der Waals surface area contributed by atoms with E-state index in [0.717, 1.165) is 25.8 Å². The minimum Gasteiger partial charge on any atom is -0.379 e. The van der Waals surface area contributed by atoms with Gasteiger partial charge in [-0.1, -0.05) is 32.4 Å². The first-order chi connectivity index (χ1) is 6.67. The third kappa shape index (κ3) is 4.77. The first-order valence-corrected chi connectivity index (χ1v) is 5.58. The number of methoxy groups -OCH3 is 1. The standard InChI is InChI=1S/C12H25NO/c1-6-8-11(14-5)12(10(3)4)13-9-7-2/h11-13H,3,6-9H2,1-2,4-5H3. The molecule has 0 radical (unpaired) electrons. The zero-order chi connectivity index (χ0) is 11.0. The fraction of sp³-hybridized carbons (Fsp3) is 0.833. The molecule has 0 aromatic heterocycles. The van der Waals surface area contributed by atoms with E-state index >= 15 is 0 Å². The third-order valence-electron chi connectivity index (χ3n) is 2.39. The SMILES string of the molecule is C=C(C)C(NCCC)C(CCC)OC. The fourth-order valence-electron chi connectivity index (χ4n) is 1.63. The molecule has 1 N–H and O–H groups in total.